The minimum Gasteiger partial charge on any atom is -0.351 e. The number of likely N-dealkylation sites (N-methyl/N-ethyl adjacent to an activating group) is 1. The zero-order chi connectivity index (χ0) is 25.3. The third-order valence-electron chi connectivity index (χ3n) is 9.09. The molecular weight excluding hydrogens is 456 g/mol. The van der Waals surface area contributed by atoms with Crippen LogP contribution < -0.4 is 5.32 Å². The Hall–Kier alpha value is -2.42. The molecule has 198 valence electrons. The molecule has 3 fully saturated rings. The number of rotatable bonds is 4. The molecule has 1 atom stereocenters. The van der Waals surface area contributed by atoms with Crippen molar-refractivity contribution in [3.8, 4) is 0 Å². The molecule has 2 aliphatic heterocycles. The molecule has 2 aliphatic carbocycles. The Bertz CT molecular complexity index is 970. The summed E-state index contributed by atoms with van der Waals surface area (Å²) in [5.41, 5.74) is -0.373. The van der Waals surface area contributed by atoms with Crippen molar-refractivity contribution in [2.24, 2.45) is 0 Å². The molecule has 9 nitrogen and oxygen atoms in total. The van der Waals surface area contributed by atoms with Gasteiger partial charge in [0.05, 0.1) is 6.54 Å². The van der Waals surface area contributed by atoms with E-state index < -0.39 is 5.54 Å². The summed E-state index contributed by atoms with van der Waals surface area (Å²) in [6.07, 6.45) is 13.1. The lowest BCUT2D eigenvalue weighted by atomic mass is 9.94. The summed E-state index contributed by atoms with van der Waals surface area (Å²) in [5, 5.41) is 7.75. The Labute approximate surface area is 214 Å². The Morgan fingerprint density at radius 3 is 2.22 bits per heavy atom. The number of piperazine rings is 1. The molecule has 1 N–H and O–H groups in total. The van der Waals surface area contributed by atoms with Crippen molar-refractivity contribution in [2.45, 2.75) is 102 Å². The molecule has 5 rings (SSSR count). The average molecular weight is 499 g/mol. The highest BCUT2D eigenvalue weighted by molar-refractivity contribution is 6.01. The first-order valence-corrected chi connectivity index (χ1v) is 14.1. The topological polar surface area (TPSA) is 90.8 Å². The lowest BCUT2D eigenvalue weighted by Crippen LogP contribution is -2.63. The van der Waals surface area contributed by atoms with Crippen molar-refractivity contribution >= 4 is 17.7 Å². The fourth-order valence-corrected chi connectivity index (χ4v) is 6.49. The minimum absolute atomic E-state index is 0.125. The van der Waals surface area contributed by atoms with Crippen LogP contribution in [0.15, 0.2) is 6.07 Å². The fraction of sp³-hybridized carbons (Fsp3) is 0.778. The average Bonchev–Trinajstić information content (AvgIpc) is 3.15. The predicted octanol–water partition coefficient (Wildman–Crippen LogP) is 2.66. The monoisotopic (exact) mass is 498 g/mol. The lowest BCUT2D eigenvalue weighted by Gasteiger charge is -2.41. The summed E-state index contributed by atoms with van der Waals surface area (Å²) in [4.78, 5) is 45.9. The number of hydrogen-bond acceptors (Lipinski definition) is 5. The van der Waals surface area contributed by atoms with Crippen LogP contribution in [0.5, 0.6) is 0 Å². The van der Waals surface area contributed by atoms with Crippen molar-refractivity contribution < 1.29 is 14.4 Å². The van der Waals surface area contributed by atoms with Crippen molar-refractivity contribution in [3.63, 3.8) is 0 Å². The van der Waals surface area contributed by atoms with Crippen molar-refractivity contribution in [1.82, 2.24) is 29.8 Å². The van der Waals surface area contributed by atoms with E-state index >= 15 is 0 Å². The summed E-state index contributed by atoms with van der Waals surface area (Å²) in [7, 11) is 1.68. The van der Waals surface area contributed by atoms with Crippen molar-refractivity contribution in [1.29, 1.82) is 0 Å². The van der Waals surface area contributed by atoms with E-state index in [0.29, 0.717) is 30.5 Å². The number of nitrogens with one attached hydrogen (secondary N) is 1. The van der Waals surface area contributed by atoms with E-state index in [-0.39, 0.29) is 30.3 Å². The largest absolute Gasteiger partial charge is 0.351 e. The second kappa shape index (κ2) is 10.5. The van der Waals surface area contributed by atoms with E-state index in [0.717, 1.165) is 38.8 Å². The van der Waals surface area contributed by atoms with Crippen LogP contribution in [0.25, 0.3) is 0 Å². The first-order chi connectivity index (χ1) is 17.4. The molecule has 4 aliphatic rings. The third-order valence-corrected chi connectivity index (χ3v) is 9.09. The highest BCUT2D eigenvalue weighted by Gasteiger charge is 2.47. The zero-order valence-corrected chi connectivity index (χ0v) is 22.0. The van der Waals surface area contributed by atoms with Gasteiger partial charge in [0.25, 0.3) is 11.8 Å². The van der Waals surface area contributed by atoms with Gasteiger partial charge in [-0.15, -0.1) is 0 Å². The van der Waals surface area contributed by atoms with E-state index in [1.165, 1.54) is 49.8 Å². The number of fused-ring (bicyclic) bond motifs is 1. The van der Waals surface area contributed by atoms with E-state index in [1.54, 1.807) is 24.7 Å². The number of carbonyl (C=O) groups is 3. The third kappa shape index (κ3) is 4.91. The molecule has 3 amide bonds. The maximum atomic E-state index is 13.4. The van der Waals surface area contributed by atoms with Gasteiger partial charge in [0.2, 0.25) is 5.91 Å². The van der Waals surface area contributed by atoms with Crippen LogP contribution in [0.4, 0.5) is 0 Å². The number of nitrogens with zero attached hydrogens (tertiary/aromatic N) is 5. The van der Waals surface area contributed by atoms with Gasteiger partial charge in [-0.1, -0.05) is 44.9 Å². The molecule has 3 heterocycles. The second-order valence-corrected chi connectivity index (χ2v) is 11.5. The van der Waals surface area contributed by atoms with Crippen molar-refractivity contribution in [2.75, 3.05) is 33.2 Å². The van der Waals surface area contributed by atoms with Crippen LogP contribution in [0.3, 0.4) is 0 Å². The molecule has 2 saturated carbocycles. The van der Waals surface area contributed by atoms with Gasteiger partial charge in [-0.2, -0.15) is 5.10 Å². The van der Waals surface area contributed by atoms with Gasteiger partial charge in [-0.3, -0.25) is 24.0 Å². The normalized spacial score (nSPS) is 27.0. The van der Waals surface area contributed by atoms with Crippen molar-refractivity contribution in [3.05, 3.63) is 17.5 Å². The van der Waals surface area contributed by atoms with Gasteiger partial charge in [-0.25, -0.2) is 0 Å². The van der Waals surface area contributed by atoms with Crippen LogP contribution in [-0.4, -0.2) is 93.1 Å². The molecule has 1 aromatic heterocycles. The summed E-state index contributed by atoms with van der Waals surface area (Å²) in [6.45, 7) is 5.20. The Morgan fingerprint density at radius 1 is 0.944 bits per heavy atom. The van der Waals surface area contributed by atoms with E-state index in [1.807, 2.05) is 4.90 Å². The van der Waals surface area contributed by atoms with Gasteiger partial charge in [-0.05, 0) is 32.6 Å². The number of aromatic nitrogens is 2. The van der Waals surface area contributed by atoms with Crippen LogP contribution >= 0.6 is 0 Å². The van der Waals surface area contributed by atoms with Gasteiger partial charge in [0.15, 0.2) is 5.69 Å². The Balaban J connectivity index is 1.25. The first kappa shape index (κ1) is 25.2. The molecule has 9 heteroatoms. The van der Waals surface area contributed by atoms with Crippen LogP contribution in [0, 0.1) is 0 Å². The predicted molar refractivity (Wildman–Crippen MR) is 137 cm³/mol. The number of amides is 3. The van der Waals surface area contributed by atoms with E-state index in [4.69, 9.17) is 0 Å². The standard InChI is InChI=1S/C27H42N6O3/c1-27(26(36)28-20-10-6-3-4-7-11-20)19-33-23(25(35)30(27)2)18-22(29-33)24(34)32-16-14-31(15-17-32)21-12-8-5-9-13-21/h18,20-21H,3-17,19H2,1-2H3,(H,28,36)/t27-/m1/s1. The Kier molecular flexibility index (Phi) is 7.37. The fourth-order valence-electron chi connectivity index (χ4n) is 6.49. The molecular formula is C27H42N6O3. The summed E-state index contributed by atoms with van der Waals surface area (Å²) in [5.74, 6) is -0.535. The maximum absolute atomic E-state index is 13.4. The second-order valence-electron chi connectivity index (χ2n) is 11.5. The lowest BCUT2D eigenvalue weighted by molar-refractivity contribution is -0.133. The highest BCUT2D eigenvalue weighted by atomic mass is 16.2. The molecule has 0 bridgehead atoms. The summed E-state index contributed by atoms with van der Waals surface area (Å²) < 4.78 is 1.57. The smallest absolute Gasteiger partial charge is 0.274 e. The van der Waals surface area contributed by atoms with E-state index in [2.05, 4.69) is 15.3 Å². The first-order valence-electron chi connectivity index (χ1n) is 14.1. The van der Waals surface area contributed by atoms with Crippen LogP contribution in [-0.2, 0) is 11.3 Å². The van der Waals surface area contributed by atoms with Crippen LogP contribution in [0.2, 0.25) is 0 Å². The Morgan fingerprint density at radius 2 is 1.56 bits per heavy atom. The number of carbonyl (C=O) groups excluding carboxylic acids is 3. The summed E-state index contributed by atoms with van der Waals surface area (Å²) >= 11 is 0. The minimum atomic E-state index is -1.05. The zero-order valence-electron chi connectivity index (χ0n) is 22.0. The van der Waals surface area contributed by atoms with Gasteiger partial charge in [0.1, 0.15) is 11.2 Å². The van der Waals surface area contributed by atoms with E-state index in [9.17, 15) is 14.4 Å². The SMILES string of the molecule is CN1C(=O)c2cc(C(=O)N3CCN(C4CCCCC4)CC3)nn2C[C@]1(C)C(=O)NC1CCCCCC1. The maximum Gasteiger partial charge on any atom is 0.274 e. The van der Waals surface area contributed by atoms with Gasteiger partial charge in [0, 0.05) is 51.4 Å². The summed E-state index contributed by atoms with van der Waals surface area (Å²) in [6, 6.07) is 2.42. The molecule has 0 radical (unpaired) electrons. The molecule has 0 aromatic carbocycles. The van der Waals surface area contributed by atoms with Gasteiger partial charge >= 0.3 is 0 Å². The quantitative estimate of drug-likeness (QED) is 0.645. The molecule has 0 spiro atoms. The van der Waals surface area contributed by atoms with Crippen LogP contribution in [0.1, 0.15) is 98.5 Å². The number of hydrogen-bond donors (Lipinski definition) is 1. The molecule has 36 heavy (non-hydrogen) atoms. The molecule has 1 saturated heterocycles. The molecule has 0 unspecified atom stereocenters. The molecule has 1 aromatic rings. The highest BCUT2D eigenvalue weighted by Crippen LogP contribution is 2.28. The van der Waals surface area contributed by atoms with Gasteiger partial charge < -0.3 is 15.1 Å².